The molecule has 2 aromatic carbocycles. The van der Waals surface area contributed by atoms with Crippen LogP contribution in [-0.2, 0) is 0 Å². The molecule has 0 radical (unpaired) electrons. The fourth-order valence-electron chi connectivity index (χ4n) is 1.35. The molecule has 0 aromatic heterocycles. The van der Waals surface area contributed by atoms with Gasteiger partial charge in [0.05, 0.1) is 0 Å². The maximum atomic E-state index is 13.2. The van der Waals surface area contributed by atoms with Crippen LogP contribution < -0.4 is 9.47 Å². The van der Waals surface area contributed by atoms with Crippen LogP contribution in [0, 0.1) is 23.3 Å². The highest BCUT2D eigenvalue weighted by molar-refractivity contribution is 5.26. The molecule has 0 spiro atoms. The Morgan fingerprint density at radius 2 is 1.11 bits per heavy atom. The summed E-state index contributed by atoms with van der Waals surface area (Å²) >= 11 is 0. The Bertz CT molecular complexity index is 535. The number of rotatable bonds is 4. The van der Waals surface area contributed by atoms with Crippen molar-refractivity contribution in [2.45, 2.75) is 0 Å². The van der Waals surface area contributed by atoms with Crippen molar-refractivity contribution in [2.24, 2.45) is 0 Å². The van der Waals surface area contributed by atoms with E-state index < -0.39 is 30.1 Å². The zero-order valence-electron chi connectivity index (χ0n) is 9.50. The SMILES string of the molecule is Fc1cccc(OCOc2cccc(F)c2F)c1F. The molecular weight excluding hydrogens is 264 g/mol. The van der Waals surface area contributed by atoms with Crippen LogP contribution in [0.25, 0.3) is 0 Å². The molecule has 0 bridgehead atoms. The van der Waals surface area contributed by atoms with Crippen molar-refractivity contribution < 1.29 is 27.0 Å². The van der Waals surface area contributed by atoms with E-state index in [1.165, 1.54) is 24.3 Å². The van der Waals surface area contributed by atoms with Gasteiger partial charge < -0.3 is 9.47 Å². The van der Waals surface area contributed by atoms with Crippen LogP contribution in [0.3, 0.4) is 0 Å². The Balaban J connectivity index is 2.00. The van der Waals surface area contributed by atoms with Gasteiger partial charge in [-0.3, -0.25) is 0 Å². The van der Waals surface area contributed by atoms with Gasteiger partial charge in [0.15, 0.2) is 23.1 Å². The second-order valence-corrected chi connectivity index (χ2v) is 3.51. The zero-order valence-corrected chi connectivity index (χ0v) is 9.50. The number of ether oxygens (including phenoxy) is 2. The van der Waals surface area contributed by atoms with E-state index in [4.69, 9.17) is 9.47 Å². The predicted octanol–water partition coefficient (Wildman–Crippen LogP) is 3.66. The van der Waals surface area contributed by atoms with Crippen LogP contribution in [0.4, 0.5) is 17.6 Å². The molecule has 6 heteroatoms. The minimum absolute atomic E-state index is 0.378. The summed E-state index contributed by atoms with van der Waals surface area (Å²) in [5.41, 5.74) is 0. The highest BCUT2D eigenvalue weighted by Crippen LogP contribution is 2.21. The molecule has 0 unspecified atom stereocenters. The molecule has 0 heterocycles. The third kappa shape index (κ3) is 2.96. The fraction of sp³-hybridized carbons (Fsp3) is 0.0769. The lowest BCUT2D eigenvalue weighted by molar-refractivity contribution is 0.109. The van der Waals surface area contributed by atoms with Crippen LogP contribution >= 0.6 is 0 Å². The van der Waals surface area contributed by atoms with Crippen LogP contribution in [0.5, 0.6) is 11.5 Å². The van der Waals surface area contributed by atoms with E-state index in [1.807, 2.05) is 0 Å². The lowest BCUT2D eigenvalue weighted by Crippen LogP contribution is -2.08. The van der Waals surface area contributed by atoms with Crippen molar-refractivity contribution in [1.82, 2.24) is 0 Å². The second kappa shape index (κ2) is 5.60. The van der Waals surface area contributed by atoms with Crippen molar-refractivity contribution in [3.05, 3.63) is 59.7 Å². The van der Waals surface area contributed by atoms with Crippen molar-refractivity contribution in [3.63, 3.8) is 0 Å². The van der Waals surface area contributed by atoms with Crippen LogP contribution in [0.2, 0.25) is 0 Å². The summed E-state index contributed by atoms with van der Waals surface area (Å²) in [7, 11) is 0. The number of hydrogen-bond acceptors (Lipinski definition) is 2. The maximum absolute atomic E-state index is 13.2. The van der Waals surface area contributed by atoms with Gasteiger partial charge in [-0.25, -0.2) is 8.78 Å². The normalized spacial score (nSPS) is 10.3. The Kier molecular flexibility index (Phi) is 3.89. The van der Waals surface area contributed by atoms with Crippen molar-refractivity contribution in [2.75, 3.05) is 6.79 Å². The zero-order chi connectivity index (χ0) is 13.8. The average molecular weight is 272 g/mol. The molecule has 0 amide bonds. The molecule has 0 saturated carbocycles. The third-order valence-electron chi connectivity index (χ3n) is 2.26. The molecule has 0 saturated heterocycles. The summed E-state index contributed by atoms with van der Waals surface area (Å²) in [5.74, 6) is -5.26. The summed E-state index contributed by atoms with van der Waals surface area (Å²) < 4.78 is 61.6. The summed E-state index contributed by atoms with van der Waals surface area (Å²) in [6.07, 6.45) is 0. The van der Waals surface area contributed by atoms with E-state index >= 15 is 0 Å². The first-order chi connectivity index (χ1) is 9.09. The van der Waals surface area contributed by atoms with Crippen LogP contribution in [0.1, 0.15) is 0 Å². The molecule has 0 aliphatic carbocycles. The predicted molar refractivity (Wildman–Crippen MR) is 58.8 cm³/mol. The molecule has 0 N–H and O–H groups in total. The Morgan fingerprint density at radius 1 is 0.684 bits per heavy atom. The smallest absolute Gasteiger partial charge is 0.231 e. The highest BCUT2D eigenvalue weighted by Gasteiger charge is 2.11. The van der Waals surface area contributed by atoms with Gasteiger partial charge in [-0.15, -0.1) is 0 Å². The van der Waals surface area contributed by atoms with Gasteiger partial charge in [-0.1, -0.05) is 12.1 Å². The van der Waals surface area contributed by atoms with E-state index in [9.17, 15) is 17.6 Å². The van der Waals surface area contributed by atoms with Crippen molar-refractivity contribution in [3.8, 4) is 11.5 Å². The summed E-state index contributed by atoms with van der Waals surface area (Å²) in [6, 6.07) is 6.71. The first-order valence-electron chi connectivity index (χ1n) is 5.23. The topological polar surface area (TPSA) is 18.5 Å². The van der Waals surface area contributed by atoms with Crippen LogP contribution in [0.15, 0.2) is 36.4 Å². The molecule has 0 fully saturated rings. The highest BCUT2D eigenvalue weighted by atomic mass is 19.2. The number of benzene rings is 2. The van der Waals surface area contributed by atoms with E-state index in [2.05, 4.69) is 0 Å². The fourth-order valence-corrected chi connectivity index (χ4v) is 1.35. The van der Waals surface area contributed by atoms with Crippen LogP contribution in [-0.4, -0.2) is 6.79 Å². The monoisotopic (exact) mass is 272 g/mol. The summed E-state index contributed by atoms with van der Waals surface area (Å²) in [4.78, 5) is 0. The largest absolute Gasteiger partial charge is 0.454 e. The Labute approximate surface area is 106 Å². The molecule has 2 rings (SSSR count). The standard InChI is InChI=1S/C13H8F4O2/c14-8-3-1-5-10(12(8)16)18-7-19-11-6-2-4-9(15)13(11)17/h1-6H,7H2. The van der Waals surface area contributed by atoms with E-state index in [1.54, 1.807) is 0 Å². The van der Waals surface area contributed by atoms with E-state index in [-0.39, 0.29) is 11.5 Å². The van der Waals surface area contributed by atoms with Crippen molar-refractivity contribution >= 4 is 0 Å². The third-order valence-corrected chi connectivity index (χ3v) is 2.26. The van der Waals surface area contributed by atoms with E-state index in [0.29, 0.717) is 0 Å². The molecule has 2 nitrogen and oxygen atoms in total. The number of halogens is 4. The molecule has 2 aromatic rings. The summed E-state index contributed by atoms with van der Waals surface area (Å²) in [5, 5.41) is 0. The van der Waals surface area contributed by atoms with E-state index in [0.717, 1.165) is 12.1 Å². The molecule has 0 atom stereocenters. The summed E-state index contributed by atoms with van der Waals surface area (Å²) in [6.45, 7) is -0.583. The minimum atomic E-state index is -1.18. The Hall–Kier alpha value is -2.24. The molecule has 0 aliphatic heterocycles. The second-order valence-electron chi connectivity index (χ2n) is 3.51. The van der Waals surface area contributed by atoms with Gasteiger partial charge in [0.2, 0.25) is 18.4 Å². The van der Waals surface area contributed by atoms with Gasteiger partial charge in [0.1, 0.15) is 0 Å². The lowest BCUT2D eigenvalue weighted by Gasteiger charge is -2.10. The quantitative estimate of drug-likeness (QED) is 0.624. The first-order valence-corrected chi connectivity index (χ1v) is 5.23. The average Bonchev–Trinajstić information content (AvgIpc) is 2.39. The molecule has 0 aliphatic rings. The Morgan fingerprint density at radius 3 is 1.53 bits per heavy atom. The van der Waals surface area contributed by atoms with Crippen molar-refractivity contribution in [1.29, 1.82) is 0 Å². The molecular formula is C13H8F4O2. The van der Waals surface area contributed by atoms with Gasteiger partial charge in [0, 0.05) is 0 Å². The molecule has 19 heavy (non-hydrogen) atoms. The van der Waals surface area contributed by atoms with Gasteiger partial charge >= 0.3 is 0 Å². The van der Waals surface area contributed by atoms with Gasteiger partial charge in [-0.05, 0) is 24.3 Å². The van der Waals surface area contributed by atoms with Gasteiger partial charge in [-0.2, -0.15) is 8.78 Å². The lowest BCUT2D eigenvalue weighted by atomic mass is 10.3. The first kappa shape index (κ1) is 13.2. The maximum Gasteiger partial charge on any atom is 0.231 e. The van der Waals surface area contributed by atoms with Gasteiger partial charge in [0.25, 0.3) is 0 Å². The number of hydrogen-bond donors (Lipinski definition) is 0. The minimum Gasteiger partial charge on any atom is -0.454 e. The molecule has 100 valence electrons.